The smallest absolute Gasteiger partial charge is 0.157 e. The molecule has 1 saturated heterocycles. The molecule has 1 heterocycles. The average molecular weight is 1060 g/mol. The minimum Gasteiger partial charge on any atom is -0.368 e. The third-order valence-electron chi connectivity index (χ3n) is 12.5. The molecule has 1 unspecified atom stereocenters. The van der Waals surface area contributed by atoms with Gasteiger partial charge in [-0.3, -0.25) is 4.79 Å². The van der Waals surface area contributed by atoms with Gasteiger partial charge in [0.25, 0.3) is 0 Å². The Bertz CT molecular complexity index is 2530. The number of unbranched alkanes of at least 4 members (excludes halogenated alkanes) is 6. The largest absolute Gasteiger partial charge is 0.368 e. The first-order valence-electron chi connectivity index (χ1n) is 27.7. The predicted octanol–water partition coefficient (Wildman–Crippen LogP) is 21.2. The maximum atomic E-state index is 10.6. The Morgan fingerprint density at radius 2 is 1.16 bits per heavy atom. The second kappa shape index (κ2) is 39.4. The number of carbonyl (C=O) groups excluding carboxylic acids is 1. The average Bonchev–Trinajstić information content (AvgIpc) is 4.23. The molecule has 1 aliphatic carbocycles. The number of anilines is 1. The summed E-state index contributed by atoms with van der Waals surface area (Å²) in [4.78, 5) is 13.0. The molecule has 0 saturated carbocycles. The van der Waals surface area contributed by atoms with Crippen molar-refractivity contribution in [3.63, 3.8) is 0 Å². The van der Waals surface area contributed by atoms with Gasteiger partial charge in [-0.1, -0.05) is 263 Å². The maximum absolute atomic E-state index is 10.6. The van der Waals surface area contributed by atoms with Crippen LogP contribution in [-0.2, 0) is 24.1 Å². The number of nitriles is 1. The lowest BCUT2D eigenvalue weighted by molar-refractivity contribution is -0.117. The summed E-state index contributed by atoms with van der Waals surface area (Å²) in [6.45, 7) is 38.7. The summed E-state index contributed by atoms with van der Waals surface area (Å²) in [5.74, 6) is 0.306. The SMILES string of the molecule is C=C.C=CC(=O)C(C)CC.C=Cc1cc(-c2ccc(CCC)cc2Br)ccc1-c1ccc(C)cc1.CC.CC.CCCCCCCCC.Cc1ccc(N2CC2)cc1.N#CCc1ccc2c(c1)Cc1ccccc1-2. The highest BCUT2D eigenvalue weighted by Crippen LogP contribution is 2.37. The molecule has 0 amide bonds. The third-order valence-corrected chi connectivity index (χ3v) is 13.2. The zero-order valence-corrected chi connectivity index (χ0v) is 49.4. The number of nitrogens with zero attached hydrogens (tertiary/aromatic N) is 2. The van der Waals surface area contributed by atoms with E-state index in [2.05, 4.69) is 215 Å². The number of halogens is 1. The molecule has 0 aromatic heterocycles. The van der Waals surface area contributed by atoms with Gasteiger partial charge < -0.3 is 4.90 Å². The van der Waals surface area contributed by atoms with Crippen LogP contribution in [0, 0.1) is 31.1 Å². The molecule has 0 N–H and O–H groups in total. The number of aryl methyl sites for hydroxylation is 3. The molecule has 8 rings (SSSR count). The van der Waals surface area contributed by atoms with E-state index in [0.717, 1.165) is 41.3 Å². The van der Waals surface area contributed by atoms with Gasteiger partial charge in [0, 0.05) is 29.2 Å². The number of hydrogen-bond donors (Lipinski definition) is 0. The number of benzene rings is 6. The Kier molecular flexibility index (Phi) is 35.2. The van der Waals surface area contributed by atoms with Crippen molar-refractivity contribution in [1.29, 1.82) is 5.26 Å². The van der Waals surface area contributed by atoms with Crippen molar-refractivity contribution < 1.29 is 4.79 Å². The van der Waals surface area contributed by atoms with E-state index in [0.29, 0.717) is 6.42 Å². The van der Waals surface area contributed by atoms with E-state index >= 15 is 0 Å². The highest BCUT2D eigenvalue weighted by Gasteiger charge is 2.18. The van der Waals surface area contributed by atoms with Crippen LogP contribution in [-0.4, -0.2) is 18.9 Å². The lowest BCUT2D eigenvalue weighted by Crippen LogP contribution is -2.04. The van der Waals surface area contributed by atoms with E-state index in [9.17, 15) is 4.79 Å². The standard InChI is InChI=1S/C24H23Br.C15H11N.C9H11N.C9H20.C7H12O.2C2H6.C2H4/c1-4-6-18-9-13-23(24(25)15-18)21-12-14-22(19(5-2)16-21)20-10-7-17(3)8-11-20;16-8-7-11-5-6-15-13(9-11)10-12-3-1-2-4-14(12)15;1-8-2-4-9(5-3-8)10-6-7-10;1-3-5-7-9-8-6-4-2;1-4-6(3)7(8)5-2;3*1-2/h5,7-16H,2,4,6H2,1,3H3;1-6,9H,7,10H2;2-5H,6-7H2,1H3;3-9H2,1-2H3;5-6H,2,4H2,1,3H3;2*1-2H3;1-2H2. The van der Waals surface area contributed by atoms with E-state index in [4.69, 9.17) is 5.26 Å². The van der Waals surface area contributed by atoms with E-state index in [-0.39, 0.29) is 11.7 Å². The Morgan fingerprint density at radius 3 is 1.68 bits per heavy atom. The summed E-state index contributed by atoms with van der Waals surface area (Å²) in [6.07, 6.45) is 18.0. The van der Waals surface area contributed by atoms with Crippen molar-refractivity contribution in [1.82, 2.24) is 0 Å². The Morgan fingerprint density at radius 1 is 0.635 bits per heavy atom. The van der Waals surface area contributed by atoms with Gasteiger partial charge in [0.05, 0.1) is 12.5 Å². The number of allylic oxidation sites excluding steroid dienone is 1. The fourth-order valence-corrected chi connectivity index (χ4v) is 8.68. The molecule has 1 fully saturated rings. The van der Waals surface area contributed by atoms with Crippen LogP contribution in [0.2, 0.25) is 0 Å². The van der Waals surface area contributed by atoms with Crippen molar-refractivity contribution in [2.75, 3.05) is 18.0 Å². The molecule has 74 heavy (non-hydrogen) atoms. The van der Waals surface area contributed by atoms with Gasteiger partial charge in [-0.25, -0.2) is 0 Å². The maximum Gasteiger partial charge on any atom is 0.157 e. The third kappa shape index (κ3) is 23.5. The van der Waals surface area contributed by atoms with Crippen molar-refractivity contribution in [2.24, 2.45) is 5.92 Å². The molecule has 396 valence electrons. The molecule has 3 nitrogen and oxygen atoms in total. The number of ketones is 1. The first kappa shape index (κ1) is 66.0. The van der Waals surface area contributed by atoms with Crippen LogP contribution in [0.3, 0.4) is 0 Å². The van der Waals surface area contributed by atoms with Gasteiger partial charge in [0.1, 0.15) is 0 Å². The highest BCUT2D eigenvalue weighted by molar-refractivity contribution is 9.10. The summed E-state index contributed by atoms with van der Waals surface area (Å²) in [6, 6.07) is 47.7. The quantitative estimate of drug-likeness (QED) is 0.0419. The monoisotopic (exact) mass is 1060 g/mol. The highest BCUT2D eigenvalue weighted by atomic mass is 79.9. The zero-order valence-electron chi connectivity index (χ0n) is 47.8. The number of rotatable bonds is 16. The zero-order chi connectivity index (χ0) is 55.3. The number of carbonyl (C=O) groups is 1. The van der Waals surface area contributed by atoms with Crippen LogP contribution in [0.4, 0.5) is 5.69 Å². The Labute approximate surface area is 460 Å². The Balaban J connectivity index is 0.000000482. The summed E-state index contributed by atoms with van der Waals surface area (Å²) < 4.78 is 1.15. The van der Waals surface area contributed by atoms with Gasteiger partial charge in [0.2, 0.25) is 0 Å². The lowest BCUT2D eigenvalue weighted by Gasteiger charge is -2.12. The summed E-state index contributed by atoms with van der Waals surface area (Å²) in [5, 5.41) is 8.69. The van der Waals surface area contributed by atoms with Crippen LogP contribution in [0.1, 0.15) is 159 Å². The number of hydrogen-bond acceptors (Lipinski definition) is 3. The lowest BCUT2D eigenvalue weighted by atomic mass is 9.94. The van der Waals surface area contributed by atoms with Crippen LogP contribution in [0.25, 0.3) is 39.5 Å². The molecule has 6 aromatic carbocycles. The fraction of sp³-hybridized carbons (Fsp3) is 0.371. The van der Waals surface area contributed by atoms with Crippen LogP contribution in [0.5, 0.6) is 0 Å². The summed E-state index contributed by atoms with van der Waals surface area (Å²) >= 11 is 3.75. The van der Waals surface area contributed by atoms with Crippen LogP contribution >= 0.6 is 15.9 Å². The van der Waals surface area contributed by atoms with Crippen molar-refractivity contribution in [3.8, 4) is 39.4 Å². The van der Waals surface area contributed by atoms with Crippen molar-refractivity contribution in [2.45, 2.75) is 153 Å². The molecule has 0 bridgehead atoms. The first-order valence-corrected chi connectivity index (χ1v) is 28.5. The van der Waals surface area contributed by atoms with Gasteiger partial charge >= 0.3 is 0 Å². The van der Waals surface area contributed by atoms with Crippen LogP contribution < -0.4 is 4.90 Å². The van der Waals surface area contributed by atoms with E-state index in [1.54, 1.807) is 0 Å². The Hall–Kier alpha value is -6.02. The van der Waals surface area contributed by atoms with E-state index in [1.165, 1.54) is 131 Å². The van der Waals surface area contributed by atoms with Gasteiger partial charge in [-0.15, -0.1) is 13.2 Å². The summed E-state index contributed by atoms with van der Waals surface area (Å²) in [7, 11) is 0. The van der Waals surface area contributed by atoms with E-state index in [1.807, 2.05) is 47.6 Å². The minimum atomic E-state index is 0.146. The molecular formula is C70H93BrN2O. The van der Waals surface area contributed by atoms with Gasteiger partial charge in [-0.05, 0) is 125 Å². The van der Waals surface area contributed by atoms with Gasteiger partial charge in [-0.2, -0.15) is 5.26 Å². The molecule has 6 aromatic rings. The molecular weight excluding hydrogens is 965 g/mol. The molecule has 2 aliphatic rings. The molecule has 1 atom stereocenters. The molecule has 4 heteroatoms. The van der Waals surface area contributed by atoms with Gasteiger partial charge in [0.15, 0.2) is 5.78 Å². The molecule has 0 radical (unpaired) electrons. The predicted molar refractivity (Wildman–Crippen MR) is 334 cm³/mol. The minimum absolute atomic E-state index is 0.146. The van der Waals surface area contributed by atoms with Crippen LogP contribution in [0.15, 0.2) is 164 Å². The second-order valence-corrected chi connectivity index (χ2v) is 19.0. The van der Waals surface area contributed by atoms with Crippen molar-refractivity contribution in [3.05, 3.63) is 203 Å². The molecule has 0 spiro atoms. The van der Waals surface area contributed by atoms with Crippen molar-refractivity contribution >= 4 is 33.5 Å². The second-order valence-electron chi connectivity index (χ2n) is 18.1. The summed E-state index contributed by atoms with van der Waals surface area (Å²) in [5.41, 5.74) is 17.9. The normalized spacial score (nSPS) is 11.0. The fourth-order valence-electron chi connectivity index (χ4n) is 8.03. The first-order chi connectivity index (χ1) is 36.0. The topological polar surface area (TPSA) is 43.9 Å². The van der Waals surface area contributed by atoms with E-state index < -0.39 is 0 Å². The number of fused-ring (bicyclic) bond motifs is 3. The molecule has 1 aliphatic heterocycles.